The van der Waals surface area contributed by atoms with Gasteiger partial charge in [0.1, 0.15) is 17.4 Å². The second kappa shape index (κ2) is 10.8. The van der Waals surface area contributed by atoms with Crippen molar-refractivity contribution in [2.24, 2.45) is 5.92 Å². The monoisotopic (exact) mass is 432 g/mol. The van der Waals surface area contributed by atoms with E-state index in [1.54, 1.807) is 42.1 Å². The van der Waals surface area contributed by atoms with Crippen LogP contribution in [0.3, 0.4) is 0 Å². The number of methoxy groups -OCH3 is 1. The van der Waals surface area contributed by atoms with Crippen molar-refractivity contribution in [1.82, 2.24) is 14.7 Å². The van der Waals surface area contributed by atoms with Gasteiger partial charge in [0.05, 0.1) is 12.8 Å². The Balaban J connectivity index is 2.04. The first-order valence-corrected chi connectivity index (χ1v) is 10.3. The molecule has 0 atom stereocenters. The van der Waals surface area contributed by atoms with Crippen molar-refractivity contribution in [3.8, 4) is 5.75 Å². The number of ether oxygens (including phenoxy) is 1. The molecule has 0 unspecified atom stereocenters. The van der Waals surface area contributed by atoms with E-state index in [9.17, 15) is 9.59 Å². The number of likely N-dealkylation sites (N-methyl/N-ethyl adjacent to an activating group) is 1. The fourth-order valence-electron chi connectivity index (χ4n) is 2.90. The molecule has 2 amide bonds. The predicted molar refractivity (Wildman–Crippen MR) is 120 cm³/mol. The average Bonchev–Trinajstić information content (AvgIpc) is 2.96. The quantitative estimate of drug-likeness (QED) is 0.607. The standard InChI is InChI=1S/C22H29ClN4O3/c1-6-26(14-20(28)24-17-8-7-9-18(12-17)30-5)21(29)11-10-19-16(4)25-27(22(19)23)13-15(2)3/h7-12,15H,6,13-14H2,1-5H3,(H,24,28)/b11-10+. The molecular weight excluding hydrogens is 404 g/mol. The number of aryl methyl sites for hydroxylation is 1. The molecule has 0 aliphatic rings. The number of benzene rings is 1. The SMILES string of the molecule is CCN(CC(=O)Nc1cccc(OC)c1)C(=O)/C=C/c1c(C)nn(CC(C)C)c1Cl. The molecule has 162 valence electrons. The van der Waals surface area contributed by atoms with Crippen LogP contribution in [0.1, 0.15) is 32.0 Å². The third-order valence-electron chi connectivity index (χ3n) is 4.42. The number of rotatable bonds is 9. The van der Waals surface area contributed by atoms with E-state index >= 15 is 0 Å². The smallest absolute Gasteiger partial charge is 0.247 e. The highest BCUT2D eigenvalue weighted by atomic mass is 35.5. The number of hydrogen-bond acceptors (Lipinski definition) is 4. The first-order valence-electron chi connectivity index (χ1n) is 9.88. The van der Waals surface area contributed by atoms with Gasteiger partial charge in [-0.25, -0.2) is 0 Å². The Morgan fingerprint density at radius 3 is 2.73 bits per heavy atom. The zero-order chi connectivity index (χ0) is 22.3. The molecule has 0 fully saturated rings. The van der Waals surface area contributed by atoms with Gasteiger partial charge in [0.25, 0.3) is 0 Å². The van der Waals surface area contributed by atoms with Crippen LogP contribution < -0.4 is 10.1 Å². The number of anilines is 1. The van der Waals surface area contributed by atoms with Gasteiger partial charge < -0.3 is 15.0 Å². The van der Waals surface area contributed by atoms with Gasteiger partial charge in [-0.05, 0) is 38.0 Å². The molecule has 1 N–H and O–H groups in total. The summed E-state index contributed by atoms with van der Waals surface area (Å²) in [6.07, 6.45) is 3.09. The first kappa shape index (κ1) is 23.5. The Labute approximate surface area is 182 Å². The highest BCUT2D eigenvalue weighted by molar-refractivity contribution is 6.31. The van der Waals surface area contributed by atoms with E-state index in [4.69, 9.17) is 16.3 Å². The van der Waals surface area contributed by atoms with Crippen LogP contribution in [0, 0.1) is 12.8 Å². The number of carbonyl (C=O) groups excluding carboxylic acids is 2. The molecule has 30 heavy (non-hydrogen) atoms. The van der Waals surface area contributed by atoms with Gasteiger partial charge in [0, 0.05) is 36.5 Å². The van der Waals surface area contributed by atoms with Crippen LogP contribution >= 0.6 is 11.6 Å². The van der Waals surface area contributed by atoms with Crippen LogP contribution in [0.15, 0.2) is 30.3 Å². The predicted octanol–water partition coefficient (Wildman–Crippen LogP) is 4.01. The summed E-state index contributed by atoms with van der Waals surface area (Å²) in [6, 6.07) is 7.05. The maximum atomic E-state index is 12.6. The Morgan fingerprint density at radius 1 is 1.37 bits per heavy atom. The van der Waals surface area contributed by atoms with Gasteiger partial charge in [-0.15, -0.1) is 0 Å². The lowest BCUT2D eigenvalue weighted by atomic mass is 10.2. The van der Waals surface area contributed by atoms with Crippen LogP contribution in [-0.4, -0.2) is 46.7 Å². The molecule has 2 aromatic rings. The van der Waals surface area contributed by atoms with Crippen molar-refractivity contribution in [3.63, 3.8) is 0 Å². The molecule has 0 aliphatic heterocycles. The number of amides is 2. The van der Waals surface area contributed by atoms with Gasteiger partial charge >= 0.3 is 0 Å². The van der Waals surface area contributed by atoms with E-state index in [1.807, 2.05) is 13.8 Å². The fraction of sp³-hybridized carbons (Fsp3) is 0.409. The van der Waals surface area contributed by atoms with E-state index in [1.165, 1.54) is 11.0 Å². The fourth-order valence-corrected chi connectivity index (χ4v) is 3.21. The molecule has 8 heteroatoms. The van der Waals surface area contributed by atoms with Crippen molar-refractivity contribution >= 4 is 35.2 Å². The topological polar surface area (TPSA) is 76.5 Å². The second-order valence-corrected chi connectivity index (χ2v) is 7.69. The van der Waals surface area contributed by atoms with Gasteiger partial charge in [0.2, 0.25) is 11.8 Å². The number of halogens is 1. The molecule has 0 saturated carbocycles. The van der Waals surface area contributed by atoms with E-state index in [0.717, 1.165) is 5.69 Å². The van der Waals surface area contributed by atoms with Crippen LogP contribution in [0.4, 0.5) is 5.69 Å². The third kappa shape index (κ3) is 6.35. The number of nitrogens with one attached hydrogen (secondary N) is 1. The van der Waals surface area contributed by atoms with Crippen LogP contribution in [0.2, 0.25) is 5.15 Å². The molecule has 1 aromatic carbocycles. The maximum absolute atomic E-state index is 12.6. The molecule has 0 spiro atoms. The van der Waals surface area contributed by atoms with Gasteiger partial charge in [-0.2, -0.15) is 5.10 Å². The summed E-state index contributed by atoms with van der Waals surface area (Å²) in [7, 11) is 1.56. The first-order chi connectivity index (χ1) is 14.2. The highest BCUT2D eigenvalue weighted by Gasteiger charge is 2.16. The van der Waals surface area contributed by atoms with Crippen molar-refractivity contribution in [1.29, 1.82) is 0 Å². The van der Waals surface area contributed by atoms with Crippen LogP contribution in [0.5, 0.6) is 5.75 Å². The summed E-state index contributed by atoms with van der Waals surface area (Å²) >= 11 is 6.42. The molecule has 0 bridgehead atoms. The van der Waals surface area contributed by atoms with Crippen molar-refractivity contribution in [2.75, 3.05) is 25.5 Å². The number of carbonyl (C=O) groups is 2. The Hall–Kier alpha value is -2.80. The zero-order valence-electron chi connectivity index (χ0n) is 18.1. The number of hydrogen-bond donors (Lipinski definition) is 1. The largest absolute Gasteiger partial charge is 0.497 e. The summed E-state index contributed by atoms with van der Waals surface area (Å²) in [6.45, 7) is 8.89. The summed E-state index contributed by atoms with van der Waals surface area (Å²) in [5.41, 5.74) is 2.07. The molecular formula is C22H29ClN4O3. The van der Waals surface area contributed by atoms with Crippen LogP contribution in [0.25, 0.3) is 6.08 Å². The summed E-state index contributed by atoms with van der Waals surface area (Å²) < 4.78 is 6.89. The molecule has 7 nitrogen and oxygen atoms in total. The van der Waals surface area contributed by atoms with Crippen molar-refractivity contribution in [3.05, 3.63) is 46.8 Å². The summed E-state index contributed by atoms with van der Waals surface area (Å²) in [5, 5.41) is 7.72. The summed E-state index contributed by atoms with van der Waals surface area (Å²) in [5.74, 6) is 0.486. The molecule has 2 rings (SSSR count). The third-order valence-corrected chi connectivity index (χ3v) is 4.82. The normalized spacial score (nSPS) is 11.2. The minimum atomic E-state index is -0.286. The molecule has 1 heterocycles. The van der Waals surface area contributed by atoms with Gasteiger partial charge in [-0.1, -0.05) is 31.5 Å². The lowest BCUT2D eigenvalue weighted by Crippen LogP contribution is -2.36. The molecule has 1 aromatic heterocycles. The van der Waals surface area contributed by atoms with Crippen LogP contribution in [-0.2, 0) is 16.1 Å². The van der Waals surface area contributed by atoms with Crippen molar-refractivity contribution in [2.45, 2.75) is 34.2 Å². The number of aromatic nitrogens is 2. The molecule has 0 aliphatic carbocycles. The minimum absolute atomic E-state index is 0.0593. The maximum Gasteiger partial charge on any atom is 0.247 e. The number of nitrogens with zero attached hydrogens (tertiary/aromatic N) is 3. The minimum Gasteiger partial charge on any atom is -0.497 e. The second-order valence-electron chi connectivity index (χ2n) is 7.33. The van der Waals surface area contributed by atoms with Gasteiger partial charge in [-0.3, -0.25) is 14.3 Å². The average molecular weight is 433 g/mol. The van der Waals surface area contributed by atoms with E-state index in [0.29, 0.717) is 41.2 Å². The Bertz CT molecular complexity index is 921. The lowest BCUT2D eigenvalue weighted by molar-refractivity contribution is -0.130. The van der Waals surface area contributed by atoms with E-state index < -0.39 is 0 Å². The molecule has 0 saturated heterocycles. The Kier molecular flexibility index (Phi) is 8.47. The van der Waals surface area contributed by atoms with E-state index in [2.05, 4.69) is 24.3 Å². The lowest BCUT2D eigenvalue weighted by Gasteiger charge is -2.18. The molecule has 0 radical (unpaired) electrons. The highest BCUT2D eigenvalue weighted by Crippen LogP contribution is 2.22. The zero-order valence-corrected chi connectivity index (χ0v) is 18.9. The van der Waals surface area contributed by atoms with Crippen molar-refractivity contribution < 1.29 is 14.3 Å². The van der Waals surface area contributed by atoms with Gasteiger partial charge in [0.15, 0.2) is 0 Å². The Morgan fingerprint density at radius 2 is 2.10 bits per heavy atom. The summed E-state index contributed by atoms with van der Waals surface area (Å²) in [4.78, 5) is 26.4. The van der Waals surface area contributed by atoms with E-state index in [-0.39, 0.29) is 18.4 Å².